The van der Waals surface area contributed by atoms with Crippen LogP contribution in [0.1, 0.15) is 41.6 Å². The molecule has 0 aromatic heterocycles. The Bertz CT molecular complexity index is 867. The molecular formula is C20H18Br2N2O2. The van der Waals surface area contributed by atoms with Gasteiger partial charge in [0.15, 0.2) is 0 Å². The summed E-state index contributed by atoms with van der Waals surface area (Å²) in [7, 11) is 1.53. The first-order valence-electron chi connectivity index (χ1n) is 8.35. The first kappa shape index (κ1) is 18.9. The normalized spacial score (nSPS) is 15.3. The second-order valence-corrected chi connectivity index (χ2v) is 8.17. The Morgan fingerprint density at radius 1 is 1.19 bits per heavy atom. The number of ether oxygens (including phenoxy) is 1. The van der Waals surface area contributed by atoms with E-state index in [1.807, 2.05) is 30.3 Å². The van der Waals surface area contributed by atoms with Gasteiger partial charge >= 0.3 is 0 Å². The number of rotatable bonds is 4. The zero-order valence-electron chi connectivity index (χ0n) is 14.3. The third-order valence-corrected chi connectivity index (χ3v) is 5.87. The molecule has 3 rings (SSSR count). The fourth-order valence-corrected chi connectivity index (χ4v) is 4.84. The highest BCUT2D eigenvalue weighted by atomic mass is 79.9. The molecule has 1 amide bonds. The van der Waals surface area contributed by atoms with Gasteiger partial charge in [-0.15, -0.1) is 0 Å². The lowest BCUT2D eigenvalue weighted by Crippen LogP contribution is -2.19. The van der Waals surface area contributed by atoms with Crippen LogP contribution in [0.2, 0.25) is 0 Å². The van der Waals surface area contributed by atoms with Crippen molar-refractivity contribution in [2.45, 2.75) is 31.1 Å². The number of anilines is 1. The highest BCUT2D eigenvalue weighted by Crippen LogP contribution is 2.41. The van der Waals surface area contributed by atoms with Crippen molar-refractivity contribution in [3.63, 3.8) is 0 Å². The molecule has 0 aliphatic heterocycles. The van der Waals surface area contributed by atoms with Crippen molar-refractivity contribution in [1.29, 1.82) is 5.26 Å². The van der Waals surface area contributed by atoms with Gasteiger partial charge in [-0.2, -0.15) is 5.26 Å². The maximum absolute atomic E-state index is 12.7. The predicted octanol–water partition coefficient (Wildman–Crippen LogP) is 5.81. The summed E-state index contributed by atoms with van der Waals surface area (Å²) < 4.78 is 6.82. The molecule has 0 bridgehead atoms. The van der Waals surface area contributed by atoms with Crippen LogP contribution in [0.3, 0.4) is 0 Å². The Balaban J connectivity index is 1.82. The minimum atomic E-state index is -0.374. The summed E-state index contributed by atoms with van der Waals surface area (Å²) in [5.41, 5.74) is 1.77. The fraction of sp³-hybridized carbons (Fsp3) is 0.300. The molecule has 1 fully saturated rings. The lowest BCUT2D eigenvalue weighted by molar-refractivity contribution is 0.102. The number of carbonyl (C=O) groups is 1. The average Bonchev–Trinajstić information content (AvgIpc) is 3.12. The van der Waals surface area contributed by atoms with Gasteiger partial charge in [-0.3, -0.25) is 4.79 Å². The van der Waals surface area contributed by atoms with E-state index < -0.39 is 0 Å². The topological polar surface area (TPSA) is 62.1 Å². The standard InChI is InChI=1S/C20H18Br2N2O2/c1-26-18-16(10-14(21)11-17(18)22)19(25)24-15-6-4-13(5-7-15)20(12-23)8-2-3-9-20/h4-7,10-11H,2-3,8-9H2,1H3,(H,24,25). The number of carbonyl (C=O) groups excluding carboxylic acids is 1. The maximum atomic E-state index is 12.7. The van der Waals surface area contributed by atoms with E-state index in [1.54, 1.807) is 6.07 Å². The van der Waals surface area contributed by atoms with E-state index in [9.17, 15) is 10.1 Å². The van der Waals surface area contributed by atoms with Crippen molar-refractivity contribution in [1.82, 2.24) is 0 Å². The number of methoxy groups -OCH3 is 1. The summed E-state index contributed by atoms with van der Waals surface area (Å²) in [4.78, 5) is 12.7. The van der Waals surface area contributed by atoms with Crippen LogP contribution in [-0.2, 0) is 5.41 Å². The van der Waals surface area contributed by atoms with Crippen molar-refractivity contribution in [2.24, 2.45) is 0 Å². The summed E-state index contributed by atoms with van der Waals surface area (Å²) in [6.45, 7) is 0. The maximum Gasteiger partial charge on any atom is 0.259 e. The van der Waals surface area contributed by atoms with Crippen LogP contribution < -0.4 is 10.1 Å². The van der Waals surface area contributed by atoms with Crippen molar-refractivity contribution in [2.75, 3.05) is 12.4 Å². The number of benzene rings is 2. The molecule has 0 unspecified atom stereocenters. The average molecular weight is 478 g/mol. The van der Waals surface area contributed by atoms with Crippen LogP contribution in [0.5, 0.6) is 5.75 Å². The first-order chi connectivity index (χ1) is 12.5. The second kappa shape index (κ2) is 7.81. The number of hydrogen-bond donors (Lipinski definition) is 1. The van der Waals surface area contributed by atoms with E-state index in [2.05, 4.69) is 43.2 Å². The van der Waals surface area contributed by atoms with Gasteiger partial charge < -0.3 is 10.1 Å². The lowest BCUT2D eigenvalue weighted by Gasteiger charge is -2.21. The SMILES string of the molecule is COc1c(Br)cc(Br)cc1C(=O)Nc1ccc(C2(C#N)CCCC2)cc1. The molecule has 1 aliphatic carbocycles. The van der Waals surface area contributed by atoms with Crippen LogP contribution >= 0.6 is 31.9 Å². The van der Waals surface area contributed by atoms with Crippen LogP contribution in [0.15, 0.2) is 45.3 Å². The molecule has 0 radical (unpaired) electrons. The molecule has 0 spiro atoms. The monoisotopic (exact) mass is 476 g/mol. The fourth-order valence-electron chi connectivity index (χ4n) is 3.45. The number of nitrogens with zero attached hydrogens (tertiary/aromatic N) is 1. The van der Waals surface area contributed by atoms with Crippen molar-refractivity contribution in [3.05, 3.63) is 56.5 Å². The second-order valence-electron chi connectivity index (χ2n) is 6.40. The Labute approximate surface area is 169 Å². The summed E-state index contributed by atoms with van der Waals surface area (Å²) in [5.74, 6) is 0.226. The van der Waals surface area contributed by atoms with Crippen LogP contribution in [0.4, 0.5) is 5.69 Å². The zero-order chi connectivity index (χ0) is 18.7. The van der Waals surface area contributed by atoms with Gasteiger partial charge in [-0.25, -0.2) is 0 Å². The predicted molar refractivity (Wildman–Crippen MR) is 109 cm³/mol. The van der Waals surface area contributed by atoms with Crippen LogP contribution in [0, 0.1) is 11.3 Å². The summed E-state index contributed by atoms with van der Waals surface area (Å²) in [6.07, 6.45) is 3.98. The quantitative estimate of drug-likeness (QED) is 0.604. The van der Waals surface area contributed by atoms with Gasteiger partial charge in [0.25, 0.3) is 5.91 Å². The molecule has 1 saturated carbocycles. The van der Waals surface area contributed by atoms with E-state index >= 15 is 0 Å². The number of nitrogens with one attached hydrogen (secondary N) is 1. The third kappa shape index (κ3) is 3.65. The van der Waals surface area contributed by atoms with Gasteiger partial charge in [-0.1, -0.05) is 40.9 Å². The van der Waals surface area contributed by atoms with E-state index in [0.29, 0.717) is 21.5 Å². The minimum absolute atomic E-state index is 0.257. The Morgan fingerprint density at radius 2 is 1.85 bits per heavy atom. The van der Waals surface area contributed by atoms with Crippen molar-refractivity contribution in [3.8, 4) is 11.8 Å². The minimum Gasteiger partial charge on any atom is -0.495 e. The molecule has 1 aliphatic rings. The van der Waals surface area contributed by atoms with Gasteiger partial charge in [0, 0.05) is 10.2 Å². The van der Waals surface area contributed by atoms with Gasteiger partial charge in [0.1, 0.15) is 5.75 Å². The Kier molecular flexibility index (Phi) is 5.69. The lowest BCUT2D eigenvalue weighted by atomic mass is 9.80. The van der Waals surface area contributed by atoms with E-state index in [1.165, 1.54) is 7.11 Å². The molecule has 1 N–H and O–H groups in total. The largest absolute Gasteiger partial charge is 0.495 e. The first-order valence-corrected chi connectivity index (χ1v) is 9.94. The Morgan fingerprint density at radius 3 is 2.42 bits per heavy atom. The zero-order valence-corrected chi connectivity index (χ0v) is 17.5. The third-order valence-electron chi connectivity index (χ3n) is 4.82. The number of nitriles is 1. The molecule has 0 heterocycles. The molecule has 134 valence electrons. The number of halogens is 2. The van der Waals surface area contributed by atoms with Crippen molar-refractivity contribution >= 4 is 43.5 Å². The highest BCUT2D eigenvalue weighted by Gasteiger charge is 2.35. The molecule has 2 aromatic rings. The van der Waals surface area contributed by atoms with E-state index in [4.69, 9.17) is 4.74 Å². The number of amides is 1. The van der Waals surface area contributed by atoms with Gasteiger partial charge in [0.05, 0.1) is 28.6 Å². The molecule has 0 saturated heterocycles. The smallest absolute Gasteiger partial charge is 0.259 e. The molecule has 26 heavy (non-hydrogen) atoms. The van der Waals surface area contributed by atoms with Crippen LogP contribution in [0.25, 0.3) is 0 Å². The number of hydrogen-bond acceptors (Lipinski definition) is 3. The van der Waals surface area contributed by atoms with E-state index in [-0.39, 0.29) is 11.3 Å². The van der Waals surface area contributed by atoms with Gasteiger partial charge in [-0.05, 0) is 58.6 Å². The van der Waals surface area contributed by atoms with Gasteiger partial charge in [0.2, 0.25) is 0 Å². The molecule has 2 aromatic carbocycles. The van der Waals surface area contributed by atoms with Crippen molar-refractivity contribution < 1.29 is 9.53 Å². The molecular weight excluding hydrogens is 460 g/mol. The summed E-state index contributed by atoms with van der Waals surface area (Å²) in [6, 6.07) is 13.6. The summed E-state index contributed by atoms with van der Waals surface area (Å²) >= 11 is 6.80. The molecule has 6 heteroatoms. The molecule has 4 nitrogen and oxygen atoms in total. The molecule has 0 atom stereocenters. The highest BCUT2D eigenvalue weighted by molar-refractivity contribution is 9.11. The summed E-state index contributed by atoms with van der Waals surface area (Å²) in [5, 5.41) is 12.5. The van der Waals surface area contributed by atoms with E-state index in [0.717, 1.165) is 35.7 Å². The van der Waals surface area contributed by atoms with Crippen LogP contribution in [-0.4, -0.2) is 13.0 Å². The Hall–Kier alpha value is -1.84.